The summed E-state index contributed by atoms with van der Waals surface area (Å²) in [4.78, 5) is 72.5. The zero-order valence-electron chi connectivity index (χ0n) is 35.4. The van der Waals surface area contributed by atoms with Crippen molar-refractivity contribution in [1.29, 1.82) is 0 Å². The Morgan fingerprint density at radius 3 is 2.44 bits per heavy atom. The molecular weight excluding hydrogens is 765 g/mol. The third-order valence-electron chi connectivity index (χ3n) is 12.9. The van der Waals surface area contributed by atoms with Crippen LogP contribution in [0.3, 0.4) is 0 Å². The number of aromatic nitrogens is 1. The first-order valence-corrected chi connectivity index (χ1v) is 22.5. The molecule has 5 amide bonds. The minimum absolute atomic E-state index is 0.0789. The highest BCUT2D eigenvalue weighted by Crippen LogP contribution is 2.30. The lowest BCUT2D eigenvalue weighted by molar-refractivity contribution is -0.137. The minimum atomic E-state index is -0.604. The number of carbonyl (C=O) groups excluding carboxylic acids is 5. The van der Waals surface area contributed by atoms with Crippen LogP contribution in [0.25, 0.3) is 6.08 Å². The van der Waals surface area contributed by atoms with Crippen molar-refractivity contribution in [3.63, 3.8) is 0 Å². The van der Waals surface area contributed by atoms with Gasteiger partial charge in [-0.05, 0) is 142 Å². The molecule has 0 spiro atoms. The summed E-state index contributed by atoms with van der Waals surface area (Å²) in [6, 6.07) is 17.2. The van der Waals surface area contributed by atoms with Crippen molar-refractivity contribution in [2.45, 2.75) is 108 Å². The zero-order valence-corrected chi connectivity index (χ0v) is 35.4. The average Bonchev–Trinajstić information content (AvgIpc) is 3.61. The molecule has 0 radical (unpaired) electrons. The molecule has 3 aromatic rings. The van der Waals surface area contributed by atoms with Gasteiger partial charge in [-0.15, -0.1) is 0 Å². The first-order chi connectivity index (χ1) is 29.8. The number of hydrogen-bond acceptors (Lipinski definition) is 7. The second kappa shape index (κ2) is 21.8. The number of imide groups is 1. The molecule has 4 aliphatic heterocycles. The van der Waals surface area contributed by atoms with Crippen molar-refractivity contribution in [1.82, 2.24) is 30.3 Å². The predicted octanol–water partition coefficient (Wildman–Crippen LogP) is 6.88. The number of rotatable bonds is 16. The zero-order chi connectivity index (χ0) is 42.4. The topological polar surface area (TPSA) is 132 Å². The van der Waals surface area contributed by atoms with Crippen LogP contribution in [0.4, 0.5) is 0 Å². The average molecular weight is 825 g/mol. The third-order valence-corrected chi connectivity index (χ3v) is 12.9. The van der Waals surface area contributed by atoms with Crippen molar-refractivity contribution < 1.29 is 24.0 Å². The molecule has 0 saturated carbocycles. The van der Waals surface area contributed by atoms with Crippen molar-refractivity contribution in [2.75, 3.05) is 39.3 Å². The molecule has 5 heterocycles. The van der Waals surface area contributed by atoms with E-state index in [1.165, 1.54) is 18.4 Å². The van der Waals surface area contributed by atoms with Gasteiger partial charge in [0, 0.05) is 74.2 Å². The summed E-state index contributed by atoms with van der Waals surface area (Å²) < 4.78 is 0. The second-order valence-electron chi connectivity index (χ2n) is 17.1. The molecule has 1 unspecified atom stereocenters. The van der Waals surface area contributed by atoms with Crippen molar-refractivity contribution in [3.05, 3.63) is 106 Å². The van der Waals surface area contributed by atoms with Gasteiger partial charge in [0.05, 0.1) is 0 Å². The molecule has 3 saturated heterocycles. The Bertz CT molecular complexity index is 2090. The van der Waals surface area contributed by atoms with Crippen LogP contribution in [0.15, 0.2) is 73.1 Å². The molecule has 0 bridgehead atoms. The molecule has 1 aromatic heterocycles. The number of amides is 5. The Kier molecular flexibility index (Phi) is 15.5. The Morgan fingerprint density at radius 2 is 1.67 bits per heavy atom. The van der Waals surface area contributed by atoms with Crippen LogP contribution in [-0.4, -0.2) is 94.5 Å². The maximum absolute atomic E-state index is 13.3. The molecule has 11 nitrogen and oxygen atoms in total. The number of carbonyl (C=O) groups is 5. The van der Waals surface area contributed by atoms with E-state index in [9.17, 15) is 24.0 Å². The first-order valence-electron chi connectivity index (χ1n) is 22.5. The Balaban J connectivity index is 0.717. The lowest BCUT2D eigenvalue weighted by atomic mass is 9.88. The number of likely N-dealkylation sites (tertiary alicyclic amines) is 2. The standard InChI is InChI=1S/C50H60N6O5/c57-46(21-14-39-12-9-27-51-35-39)52-28-7-6-10-37-23-32-55(33-24-37)49(60)42-17-15-40(16-18-42)41-25-30-54(31-26-41)29-8-4-2-1-3-5-11-38-13-19-44-43(34-38)36-56(50(44)61)45-20-22-47(58)53-48(45)59/h9,12-19,21,27,34-35,37,41,45H,1-4,6-8,10,20,22-26,28-33,36H2,(H,52,57)(H,53,58,59)/b21-14+. The van der Waals surface area contributed by atoms with Gasteiger partial charge in [-0.2, -0.15) is 0 Å². The van der Waals surface area contributed by atoms with E-state index >= 15 is 0 Å². The molecule has 61 heavy (non-hydrogen) atoms. The molecular formula is C50H60N6O5. The van der Waals surface area contributed by atoms with E-state index in [4.69, 9.17) is 0 Å². The lowest BCUT2D eigenvalue weighted by Gasteiger charge is -2.33. The van der Waals surface area contributed by atoms with E-state index in [0.29, 0.717) is 36.9 Å². The van der Waals surface area contributed by atoms with E-state index in [1.807, 2.05) is 47.4 Å². The molecule has 2 N–H and O–H groups in total. The van der Waals surface area contributed by atoms with E-state index in [2.05, 4.69) is 44.5 Å². The molecule has 320 valence electrons. The lowest BCUT2D eigenvalue weighted by Crippen LogP contribution is -2.52. The summed E-state index contributed by atoms with van der Waals surface area (Å²) in [5.74, 6) is 6.97. The number of unbranched alkanes of at least 4 members (excludes halogenated alkanes) is 5. The number of piperidine rings is 3. The summed E-state index contributed by atoms with van der Waals surface area (Å²) in [6.07, 6.45) is 20.4. The van der Waals surface area contributed by atoms with E-state index in [0.717, 1.165) is 119 Å². The number of nitrogens with zero attached hydrogens (tertiary/aromatic N) is 4. The maximum Gasteiger partial charge on any atom is 0.255 e. The monoisotopic (exact) mass is 824 g/mol. The van der Waals surface area contributed by atoms with Crippen molar-refractivity contribution >= 4 is 35.6 Å². The largest absolute Gasteiger partial charge is 0.353 e. The normalized spacial score (nSPS) is 18.8. The van der Waals surface area contributed by atoms with Gasteiger partial charge < -0.3 is 20.0 Å². The summed E-state index contributed by atoms with van der Waals surface area (Å²) >= 11 is 0. The summed E-state index contributed by atoms with van der Waals surface area (Å²) in [7, 11) is 0. The highest BCUT2D eigenvalue weighted by Gasteiger charge is 2.39. The number of hydrogen-bond donors (Lipinski definition) is 2. The number of benzene rings is 2. The quantitative estimate of drug-likeness (QED) is 0.0698. The summed E-state index contributed by atoms with van der Waals surface area (Å²) in [6.45, 7) is 6.02. The van der Waals surface area contributed by atoms with Crippen LogP contribution in [0.5, 0.6) is 0 Å². The Hall–Kier alpha value is -5.60. The highest BCUT2D eigenvalue weighted by molar-refractivity contribution is 6.05. The van der Waals surface area contributed by atoms with Gasteiger partial charge in [0.2, 0.25) is 17.7 Å². The molecule has 2 aromatic carbocycles. The van der Waals surface area contributed by atoms with E-state index in [1.54, 1.807) is 29.4 Å². The fourth-order valence-corrected chi connectivity index (χ4v) is 9.19. The molecule has 0 aliphatic carbocycles. The Morgan fingerprint density at radius 1 is 0.869 bits per heavy atom. The van der Waals surface area contributed by atoms with E-state index < -0.39 is 11.9 Å². The Labute approximate surface area is 360 Å². The van der Waals surface area contributed by atoms with Gasteiger partial charge in [-0.25, -0.2) is 0 Å². The van der Waals surface area contributed by atoms with Crippen LogP contribution in [0.1, 0.15) is 139 Å². The van der Waals surface area contributed by atoms with E-state index in [-0.39, 0.29) is 30.0 Å². The van der Waals surface area contributed by atoms with Gasteiger partial charge >= 0.3 is 0 Å². The van der Waals surface area contributed by atoms with Crippen LogP contribution in [0.2, 0.25) is 0 Å². The third kappa shape index (κ3) is 12.3. The molecule has 1 atom stereocenters. The van der Waals surface area contributed by atoms with Gasteiger partial charge in [-0.3, -0.25) is 34.3 Å². The molecule has 4 aliphatic rings. The van der Waals surface area contributed by atoms with Gasteiger partial charge in [0.25, 0.3) is 11.8 Å². The fourth-order valence-electron chi connectivity index (χ4n) is 9.19. The highest BCUT2D eigenvalue weighted by atomic mass is 16.2. The maximum atomic E-state index is 13.3. The van der Waals surface area contributed by atoms with Crippen molar-refractivity contribution in [2.24, 2.45) is 5.92 Å². The number of fused-ring (bicyclic) bond motifs is 1. The summed E-state index contributed by atoms with van der Waals surface area (Å²) in [5.41, 5.74) is 5.42. The molecule has 3 fully saturated rings. The van der Waals surface area contributed by atoms with Crippen LogP contribution in [-0.2, 0) is 20.9 Å². The van der Waals surface area contributed by atoms with Crippen LogP contribution in [0, 0.1) is 17.8 Å². The van der Waals surface area contributed by atoms with Gasteiger partial charge in [-0.1, -0.05) is 55.7 Å². The fraction of sp³-hybridized carbons (Fsp3) is 0.480. The van der Waals surface area contributed by atoms with Crippen LogP contribution >= 0.6 is 0 Å². The first kappa shape index (κ1) is 43.5. The minimum Gasteiger partial charge on any atom is -0.353 e. The number of nitrogens with one attached hydrogen (secondary N) is 2. The van der Waals surface area contributed by atoms with Crippen molar-refractivity contribution in [3.8, 4) is 11.8 Å². The smallest absolute Gasteiger partial charge is 0.255 e. The van der Waals surface area contributed by atoms with Gasteiger partial charge in [0.1, 0.15) is 6.04 Å². The number of pyridine rings is 1. The SMILES string of the molecule is O=C(/C=C/c1cccnc1)NCCCCC1CCN(C(=O)c2ccc(C3CCN(CCCCCCC#Cc4ccc5c(c4)CN(C4CCC(=O)NC4=O)C5=O)CC3)cc2)CC1. The predicted molar refractivity (Wildman–Crippen MR) is 236 cm³/mol. The second-order valence-corrected chi connectivity index (χ2v) is 17.1. The van der Waals surface area contributed by atoms with Crippen LogP contribution < -0.4 is 10.6 Å². The molecule has 11 heteroatoms. The summed E-state index contributed by atoms with van der Waals surface area (Å²) in [5, 5.41) is 5.32. The van der Waals surface area contributed by atoms with Gasteiger partial charge in [0.15, 0.2) is 0 Å². The molecule has 7 rings (SSSR count).